The maximum atomic E-state index is 17.8. The van der Waals surface area contributed by atoms with Gasteiger partial charge < -0.3 is 0 Å². The molecule has 0 saturated heterocycles. The van der Waals surface area contributed by atoms with Gasteiger partial charge in [-0.1, -0.05) is 146 Å². The lowest BCUT2D eigenvalue weighted by Gasteiger charge is -2.36. The number of rotatable bonds is 9. The summed E-state index contributed by atoms with van der Waals surface area (Å²) in [6, 6.07) is 86.2. The first kappa shape index (κ1) is 42.8. The molecule has 342 valence electrons. The topological polar surface area (TPSA) is 79.4 Å². The number of para-hydroxylation sites is 12. The number of anilines is 12. The van der Waals surface area contributed by atoms with Gasteiger partial charge in [0.2, 0.25) is 5.57 Å². The molecule has 3 aliphatic heterocycles. The number of benzene rings is 9. The van der Waals surface area contributed by atoms with E-state index in [1.165, 1.54) is 0 Å². The summed E-state index contributed by atoms with van der Waals surface area (Å²) in [5, 5.41) is 0. The van der Waals surface area contributed by atoms with E-state index < -0.39 is 23.1 Å². The summed E-state index contributed by atoms with van der Waals surface area (Å²) in [7, 11) is -10.2. The molecule has 0 fully saturated rings. The van der Waals surface area contributed by atoms with Crippen molar-refractivity contribution in [2.24, 2.45) is 0 Å². The highest BCUT2D eigenvalue weighted by atomic mass is 31.2. The summed E-state index contributed by atoms with van der Waals surface area (Å²) >= 11 is 0. The standard InChI is InChI=1S/C58H43N8O2P3/c67-70(63(46-29-11-3-12-30-46)52-39-21-22-40-53(52)64(70)47-31-13-4-14-32-47)57-43-56(69-61(44-25-7-1-8-26-44)50-37-19-20-38-51(50)62(69)45-27-9-2-10-28-45)59-58(60-57)71(68)65(48-33-15-5-16-34-48)54-41-23-24-42-55(54)66(71)49-35-17-6-18-36-49/h1-43H. The Hall–Kier alpha value is -8.25. The molecule has 10 aromatic rings. The van der Waals surface area contributed by atoms with Crippen LogP contribution in [0.25, 0.3) is 0 Å². The van der Waals surface area contributed by atoms with E-state index in [1.807, 2.05) is 231 Å². The second kappa shape index (κ2) is 17.3. The average molecular weight is 977 g/mol. The maximum Gasteiger partial charge on any atom is 0.338 e. The van der Waals surface area contributed by atoms with Gasteiger partial charge in [0.05, 0.1) is 34.1 Å². The number of hydrogen-bond donors (Lipinski definition) is 0. The van der Waals surface area contributed by atoms with Gasteiger partial charge in [0.15, 0.2) is 8.22 Å². The Balaban J connectivity index is 1.17. The molecular weight excluding hydrogens is 934 g/mol. The lowest BCUT2D eigenvalue weighted by molar-refractivity contribution is 0.581. The zero-order valence-corrected chi connectivity index (χ0v) is 40.7. The van der Waals surface area contributed by atoms with Crippen LogP contribution in [0.2, 0.25) is 0 Å². The van der Waals surface area contributed by atoms with Crippen LogP contribution in [-0.2, 0) is 9.13 Å². The molecule has 3 aliphatic rings. The fourth-order valence-electron chi connectivity index (χ4n) is 10.00. The van der Waals surface area contributed by atoms with Gasteiger partial charge in [0.1, 0.15) is 10.9 Å². The van der Waals surface area contributed by atoms with Crippen molar-refractivity contribution in [2.75, 3.05) is 28.0 Å². The summed E-state index contributed by atoms with van der Waals surface area (Å²) in [6.07, 6.45) is 0. The highest BCUT2D eigenvalue weighted by molar-refractivity contribution is 7.77. The summed E-state index contributed by atoms with van der Waals surface area (Å²) in [4.78, 5) is 11.3. The summed E-state index contributed by atoms with van der Waals surface area (Å²) in [6.45, 7) is 0. The Kier molecular flexibility index (Phi) is 10.4. The number of aromatic nitrogens is 2. The minimum Gasteiger partial charge on any atom is -0.295 e. The van der Waals surface area contributed by atoms with Gasteiger partial charge >= 0.3 is 14.9 Å². The monoisotopic (exact) mass is 976 g/mol. The Labute approximate surface area is 413 Å². The first-order valence-electron chi connectivity index (χ1n) is 23.3. The molecule has 4 heterocycles. The van der Waals surface area contributed by atoms with Gasteiger partial charge in [-0.05, 0) is 109 Å². The van der Waals surface area contributed by atoms with E-state index in [-0.39, 0.29) is 11.0 Å². The van der Waals surface area contributed by atoms with E-state index in [0.717, 1.165) is 56.9 Å². The van der Waals surface area contributed by atoms with Crippen molar-refractivity contribution < 1.29 is 9.13 Å². The molecule has 0 aliphatic carbocycles. The number of fused-ring (bicyclic) bond motifs is 3. The molecule has 0 saturated carbocycles. The van der Waals surface area contributed by atoms with Crippen LogP contribution in [0, 0.1) is 0 Å². The molecule has 0 radical (unpaired) electrons. The van der Waals surface area contributed by atoms with Crippen LogP contribution in [0.1, 0.15) is 0 Å². The van der Waals surface area contributed by atoms with Crippen molar-refractivity contribution in [3.63, 3.8) is 0 Å². The van der Waals surface area contributed by atoms with Crippen LogP contribution in [0.15, 0.2) is 261 Å². The molecule has 10 nitrogen and oxygen atoms in total. The number of nitrogens with zero attached hydrogens (tertiary/aromatic N) is 8. The van der Waals surface area contributed by atoms with E-state index in [0.29, 0.717) is 16.8 Å². The molecule has 13 rings (SSSR count). The molecule has 0 bridgehead atoms. The molecule has 0 spiro atoms. The van der Waals surface area contributed by atoms with Crippen LogP contribution in [0.4, 0.5) is 68.2 Å². The first-order chi connectivity index (χ1) is 35.0. The summed E-state index contributed by atoms with van der Waals surface area (Å²) < 4.78 is 48.0. The highest BCUT2D eigenvalue weighted by Gasteiger charge is 2.55. The van der Waals surface area contributed by atoms with Gasteiger partial charge in [0, 0.05) is 40.2 Å². The SMILES string of the molecule is O=P1(c2cc(P3N(c4ccccc4)c4ccccc4N3c3ccccc3)nc(P3(=O)N(c4ccccc4)c4ccccc4N3c3ccccc3)n2)N(c2ccccc2)c2ccccc2N1c1ccccc1. The molecule has 0 unspecified atom stereocenters. The maximum absolute atomic E-state index is 17.8. The Bertz CT molecular complexity index is 3300. The minimum absolute atomic E-state index is 0.0422. The third-order valence-corrected chi connectivity index (χ3v) is 20.7. The highest BCUT2D eigenvalue weighted by Crippen LogP contribution is 2.72. The second-order valence-corrected chi connectivity index (χ2v) is 23.6. The van der Waals surface area contributed by atoms with Crippen molar-refractivity contribution >= 4 is 108 Å². The van der Waals surface area contributed by atoms with Crippen molar-refractivity contribution in [1.29, 1.82) is 0 Å². The van der Waals surface area contributed by atoms with Crippen LogP contribution in [-0.4, -0.2) is 9.97 Å². The second-order valence-electron chi connectivity index (χ2n) is 17.1. The minimum atomic E-state index is -4.29. The van der Waals surface area contributed by atoms with Crippen LogP contribution in [0.3, 0.4) is 0 Å². The predicted molar refractivity (Wildman–Crippen MR) is 294 cm³/mol. The van der Waals surface area contributed by atoms with Crippen molar-refractivity contribution in [2.45, 2.75) is 0 Å². The van der Waals surface area contributed by atoms with Crippen LogP contribution in [0.5, 0.6) is 0 Å². The smallest absolute Gasteiger partial charge is 0.295 e. The largest absolute Gasteiger partial charge is 0.338 e. The summed E-state index contributed by atoms with van der Waals surface area (Å²) in [5.41, 5.74) is 10.5. The normalized spacial score (nSPS) is 15.4. The Morgan fingerprint density at radius 1 is 0.296 bits per heavy atom. The molecule has 0 N–H and O–H groups in total. The number of hydrogen-bond acceptors (Lipinski definition) is 6. The van der Waals surface area contributed by atoms with Gasteiger partial charge in [-0.15, -0.1) is 0 Å². The first-order valence-corrected chi connectivity index (χ1v) is 27.8. The Morgan fingerprint density at radius 3 is 0.887 bits per heavy atom. The zero-order valence-electron chi connectivity index (χ0n) is 38.1. The lowest BCUT2D eigenvalue weighted by atomic mass is 10.2. The predicted octanol–water partition coefficient (Wildman–Crippen LogP) is 15.0. The molecular formula is C58H43N8O2P3. The molecule has 13 heteroatoms. The van der Waals surface area contributed by atoms with Gasteiger partial charge in [-0.25, -0.2) is 9.97 Å². The van der Waals surface area contributed by atoms with E-state index in [9.17, 15) is 0 Å². The van der Waals surface area contributed by atoms with Gasteiger partial charge in [-0.2, -0.15) is 0 Å². The van der Waals surface area contributed by atoms with Crippen LogP contribution < -0.4 is 44.5 Å². The van der Waals surface area contributed by atoms with Crippen molar-refractivity contribution in [3.8, 4) is 0 Å². The Morgan fingerprint density at radius 2 is 0.563 bits per heavy atom. The molecule has 1 aromatic heterocycles. The van der Waals surface area contributed by atoms with Gasteiger partial charge in [-0.3, -0.25) is 37.2 Å². The van der Waals surface area contributed by atoms with E-state index in [2.05, 4.69) is 57.9 Å². The quantitative estimate of drug-likeness (QED) is 0.130. The molecule has 9 aromatic carbocycles. The van der Waals surface area contributed by atoms with Crippen molar-refractivity contribution in [3.05, 3.63) is 261 Å². The van der Waals surface area contributed by atoms with Gasteiger partial charge in [0.25, 0.3) is 0 Å². The average Bonchev–Trinajstić information content (AvgIpc) is 4.03. The molecule has 71 heavy (non-hydrogen) atoms. The fraction of sp³-hybridized carbons (Fsp3) is 0. The van der Waals surface area contributed by atoms with E-state index in [1.54, 1.807) is 0 Å². The summed E-state index contributed by atoms with van der Waals surface area (Å²) in [5.74, 6) is 0. The molecule has 0 atom stereocenters. The fourth-order valence-corrected chi connectivity index (χ4v) is 18.5. The van der Waals surface area contributed by atoms with Crippen LogP contribution >= 0.6 is 23.1 Å². The third-order valence-electron chi connectivity index (χ3n) is 12.9. The molecule has 0 amide bonds. The lowest BCUT2D eigenvalue weighted by Crippen LogP contribution is -2.41. The van der Waals surface area contributed by atoms with E-state index in [4.69, 9.17) is 9.97 Å². The van der Waals surface area contributed by atoms with E-state index >= 15 is 9.13 Å². The van der Waals surface area contributed by atoms with Crippen molar-refractivity contribution in [1.82, 2.24) is 9.97 Å². The zero-order chi connectivity index (χ0) is 47.5. The third kappa shape index (κ3) is 6.75.